The minimum Gasteiger partial charge on any atom is -0.381 e. The second kappa shape index (κ2) is 12.1. The topological polar surface area (TPSA) is 74.5 Å². The van der Waals surface area contributed by atoms with Gasteiger partial charge >= 0.3 is 0 Å². The maximum atomic E-state index is 14.5. The number of nitrogens with one attached hydrogen (secondary N) is 3. The Bertz CT molecular complexity index is 940. The van der Waals surface area contributed by atoms with Crippen LogP contribution in [0.3, 0.4) is 0 Å². The fraction of sp³-hybridized carbons (Fsp3) is 0.333. The van der Waals surface area contributed by atoms with Gasteiger partial charge in [-0.2, -0.15) is 5.10 Å². The summed E-state index contributed by atoms with van der Waals surface area (Å²) in [5, 5.41) is 11.2. The number of thiocarbonyl (C=S) groups is 1. The number of hydrogen-bond acceptors (Lipinski definition) is 4. The molecule has 31 heavy (non-hydrogen) atoms. The van der Waals surface area contributed by atoms with E-state index in [1.54, 1.807) is 18.2 Å². The largest absolute Gasteiger partial charge is 0.381 e. The van der Waals surface area contributed by atoms with Crippen LogP contribution in [0.15, 0.2) is 35.4 Å². The number of anilines is 1. The average Bonchev–Trinajstić information content (AvgIpc) is 2.68. The van der Waals surface area contributed by atoms with Crippen LogP contribution in [0.2, 0.25) is 10.0 Å². The number of rotatable bonds is 10. The molecule has 0 spiro atoms. The van der Waals surface area contributed by atoms with Crippen molar-refractivity contribution in [1.29, 1.82) is 0 Å². The Morgan fingerprint density at radius 1 is 1.19 bits per heavy atom. The summed E-state index contributed by atoms with van der Waals surface area (Å²) in [6, 6.07) is 7.42. The Balaban J connectivity index is 2.05. The Morgan fingerprint density at radius 2 is 1.94 bits per heavy atom. The van der Waals surface area contributed by atoms with Gasteiger partial charge < -0.3 is 16.4 Å². The molecule has 1 atom stereocenters. The minimum atomic E-state index is -0.628. The van der Waals surface area contributed by atoms with Gasteiger partial charge in [-0.05, 0) is 54.4 Å². The predicted octanol–water partition coefficient (Wildman–Crippen LogP) is 5.06. The van der Waals surface area contributed by atoms with Crippen LogP contribution < -0.4 is 21.8 Å². The quantitative estimate of drug-likeness (QED) is 0.214. The molecule has 0 unspecified atom stereocenters. The lowest BCUT2D eigenvalue weighted by Gasteiger charge is -2.22. The van der Waals surface area contributed by atoms with Gasteiger partial charge in [0.25, 0.3) is 0 Å². The first-order chi connectivity index (χ1) is 14.7. The highest BCUT2D eigenvalue weighted by molar-refractivity contribution is 7.80. The number of hydrazone groups is 1. The molecule has 5 nitrogen and oxygen atoms in total. The summed E-state index contributed by atoms with van der Waals surface area (Å²) >= 11 is 16.9. The van der Waals surface area contributed by atoms with Gasteiger partial charge in [-0.15, -0.1) is 0 Å². The zero-order valence-electron chi connectivity index (χ0n) is 17.2. The highest BCUT2D eigenvalue weighted by Gasteiger charge is 2.14. The first kappa shape index (κ1) is 25.3. The molecule has 2 aromatic carbocycles. The summed E-state index contributed by atoms with van der Waals surface area (Å²) in [7, 11) is 0. The average molecular weight is 488 g/mol. The third-order valence-electron chi connectivity index (χ3n) is 4.35. The third-order valence-corrected chi connectivity index (χ3v) is 5.04. The molecule has 2 aromatic rings. The van der Waals surface area contributed by atoms with Crippen molar-refractivity contribution in [2.75, 3.05) is 11.9 Å². The molecule has 5 N–H and O–H groups in total. The summed E-state index contributed by atoms with van der Waals surface area (Å²) in [6.07, 6.45) is 1.93. The molecule has 0 aliphatic rings. The molecule has 0 aliphatic heterocycles. The smallest absolute Gasteiger partial charge is 0.184 e. The number of nitrogens with two attached hydrogens (primary N) is 1. The van der Waals surface area contributed by atoms with Gasteiger partial charge in [0.1, 0.15) is 11.6 Å². The van der Waals surface area contributed by atoms with Crippen molar-refractivity contribution in [3.05, 3.63) is 63.1 Å². The standard InChI is InChI=1S/C21H25Cl2F2N5S/c1-12(2)5-16(27-9-13-6-15(22)3-4-17(13)23)11-28-20-8-18(24)14(7-19(20)25)10-29-30-21(26)31/h3-4,6-8,10,12,16,27-28H,5,9,11H2,1-2H3,(H3,26,30,31)/b29-10+/t16-/m0/s1. The first-order valence-electron chi connectivity index (χ1n) is 9.64. The molecular weight excluding hydrogens is 463 g/mol. The van der Waals surface area contributed by atoms with E-state index >= 15 is 0 Å². The van der Waals surface area contributed by atoms with Gasteiger partial charge in [0.2, 0.25) is 0 Å². The highest BCUT2D eigenvalue weighted by Crippen LogP contribution is 2.22. The van der Waals surface area contributed by atoms with Crippen molar-refractivity contribution in [3.63, 3.8) is 0 Å². The zero-order valence-corrected chi connectivity index (χ0v) is 19.5. The zero-order chi connectivity index (χ0) is 23.0. The summed E-state index contributed by atoms with van der Waals surface area (Å²) < 4.78 is 28.8. The van der Waals surface area contributed by atoms with Gasteiger partial charge in [-0.25, -0.2) is 8.78 Å². The van der Waals surface area contributed by atoms with Crippen molar-refractivity contribution in [1.82, 2.24) is 10.7 Å². The molecule has 0 amide bonds. The Morgan fingerprint density at radius 3 is 2.61 bits per heavy atom. The molecule has 0 aromatic heterocycles. The van der Waals surface area contributed by atoms with E-state index in [0.717, 1.165) is 30.3 Å². The fourth-order valence-electron chi connectivity index (χ4n) is 2.94. The van der Waals surface area contributed by atoms with Crippen LogP contribution >= 0.6 is 35.4 Å². The Kier molecular flexibility index (Phi) is 9.90. The normalized spacial score (nSPS) is 12.4. The maximum absolute atomic E-state index is 14.5. The van der Waals surface area contributed by atoms with Crippen molar-refractivity contribution in [3.8, 4) is 0 Å². The van der Waals surface area contributed by atoms with Gasteiger partial charge in [0.15, 0.2) is 5.11 Å². The van der Waals surface area contributed by atoms with Gasteiger partial charge in [-0.3, -0.25) is 5.43 Å². The van der Waals surface area contributed by atoms with Gasteiger partial charge in [-0.1, -0.05) is 37.0 Å². The van der Waals surface area contributed by atoms with E-state index in [-0.39, 0.29) is 22.4 Å². The number of benzene rings is 2. The lowest BCUT2D eigenvalue weighted by Crippen LogP contribution is -2.36. The van der Waals surface area contributed by atoms with Crippen molar-refractivity contribution in [2.24, 2.45) is 16.8 Å². The molecule has 0 bridgehead atoms. The molecule has 0 aliphatic carbocycles. The lowest BCUT2D eigenvalue weighted by atomic mass is 10.0. The van der Waals surface area contributed by atoms with Gasteiger partial charge in [0, 0.05) is 40.8 Å². The van der Waals surface area contributed by atoms with Crippen molar-refractivity contribution in [2.45, 2.75) is 32.9 Å². The monoisotopic (exact) mass is 487 g/mol. The molecule has 0 heterocycles. The Hall–Kier alpha value is -2.00. The van der Waals surface area contributed by atoms with E-state index in [1.165, 1.54) is 0 Å². The van der Waals surface area contributed by atoms with Crippen molar-refractivity contribution < 1.29 is 8.78 Å². The van der Waals surface area contributed by atoms with E-state index < -0.39 is 11.6 Å². The predicted molar refractivity (Wildman–Crippen MR) is 129 cm³/mol. The molecule has 0 radical (unpaired) electrons. The van der Waals surface area contributed by atoms with Crippen LogP contribution in [0.4, 0.5) is 14.5 Å². The number of halogens is 4. The van der Waals surface area contributed by atoms with Crippen LogP contribution in [0, 0.1) is 17.6 Å². The maximum Gasteiger partial charge on any atom is 0.184 e. The third kappa shape index (κ3) is 8.57. The summed E-state index contributed by atoms with van der Waals surface area (Å²) in [6.45, 7) is 5.08. The molecule has 0 fully saturated rings. The highest BCUT2D eigenvalue weighted by atomic mass is 35.5. The van der Waals surface area contributed by atoms with E-state index in [2.05, 4.69) is 47.2 Å². The molecule has 0 saturated heterocycles. The van der Waals surface area contributed by atoms with Crippen LogP contribution in [-0.4, -0.2) is 23.9 Å². The molecule has 10 heteroatoms. The molecule has 168 valence electrons. The minimum absolute atomic E-state index is 0.00600. The van der Waals surface area contributed by atoms with E-state index in [9.17, 15) is 8.78 Å². The number of nitrogens with zero attached hydrogens (tertiary/aromatic N) is 1. The van der Waals surface area contributed by atoms with Crippen molar-refractivity contribution >= 4 is 52.4 Å². The first-order valence-corrected chi connectivity index (χ1v) is 10.8. The van der Waals surface area contributed by atoms with E-state index in [1.807, 2.05) is 0 Å². The van der Waals surface area contributed by atoms with Crippen LogP contribution in [0.25, 0.3) is 0 Å². The van der Waals surface area contributed by atoms with Gasteiger partial charge in [0.05, 0.1) is 11.9 Å². The van der Waals surface area contributed by atoms with Crippen LogP contribution in [0.5, 0.6) is 0 Å². The van der Waals surface area contributed by atoms with Crippen LogP contribution in [0.1, 0.15) is 31.4 Å². The fourth-order valence-corrected chi connectivity index (χ4v) is 3.37. The molecule has 0 saturated carbocycles. The van der Waals surface area contributed by atoms with Crippen LogP contribution in [-0.2, 0) is 6.54 Å². The lowest BCUT2D eigenvalue weighted by molar-refractivity contribution is 0.429. The second-order valence-electron chi connectivity index (χ2n) is 7.41. The summed E-state index contributed by atoms with van der Waals surface area (Å²) in [5.41, 5.74) is 8.44. The number of hydrogen-bond donors (Lipinski definition) is 4. The molecule has 2 rings (SSSR count). The SMILES string of the molecule is CC(C)C[C@@H](CNc1cc(F)c(/C=N/NC(N)=S)cc1F)NCc1cc(Cl)ccc1Cl. The molecular formula is C21H25Cl2F2N5S. The Labute approximate surface area is 196 Å². The summed E-state index contributed by atoms with van der Waals surface area (Å²) in [5.74, 6) is -0.828. The second-order valence-corrected chi connectivity index (χ2v) is 8.70. The summed E-state index contributed by atoms with van der Waals surface area (Å²) in [4.78, 5) is 0. The van der Waals surface area contributed by atoms with E-state index in [0.29, 0.717) is 29.1 Å². The van der Waals surface area contributed by atoms with E-state index in [4.69, 9.17) is 28.9 Å².